The molecule has 5 nitrogen and oxygen atoms in total. The third-order valence-corrected chi connectivity index (χ3v) is 3.89. The summed E-state index contributed by atoms with van der Waals surface area (Å²) in [5.74, 6) is 0.819. The van der Waals surface area contributed by atoms with Gasteiger partial charge in [0.05, 0.1) is 0 Å². The van der Waals surface area contributed by atoms with Gasteiger partial charge in [0, 0.05) is 37.6 Å². The Kier molecular flexibility index (Phi) is 4.53. The molecule has 114 valence electrons. The van der Waals surface area contributed by atoms with E-state index < -0.39 is 0 Å². The molecule has 0 atom stereocenters. The molecule has 2 aromatic rings. The van der Waals surface area contributed by atoms with Gasteiger partial charge in [-0.3, -0.25) is 4.79 Å². The molecule has 6 heteroatoms. The summed E-state index contributed by atoms with van der Waals surface area (Å²) in [6, 6.07) is 7.15. The topological polar surface area (TPSA) is 58.1 Å². The molecule has 0 radical (unpaired) electrons. The zero-order valence-corrected chi connectivity index (χ0v) is 12.9. The number of aromatic nitrogens is 2. The van der Waals surface area contributed by atoms with E-state index in [1.165, 1.54) is 19.0 Å². The average molecular weight is 317 g/mol. The molecule has 22 heavy (non-hydrogen) atoms. The Hall–Kier alpha value is -2.14. The van der Waals surface area contributed by atoms with Crippen molar-refractivity contribution in [3.63, 3.8) is 0 Å². The number of carbonyl (C=O) groups excluding carboxylic acids is 1. The fraction of sp³-hybridized carbons (Fsp3) is 0.312. The van der Waals surface area contributed by atoms with Gasteiger partial charge in [-0.25, -0.2) is 9.97 Å². The molecule has 0 saturated carbocycles. The predicted octanol–water partition coefficient (Wildman–Crippen LogP) is 2.66. The number of pyridine rings is 2. The van der Waals surface area contributed by atoms with Crippen LogP contribution in [0.4, 0.5) is 5.82 Å². The highest BCUT2D eigenvalue weighted by Gasteiger charge is 2.13. The third-order valence-electron chi connectivity index (χ3n) is 3.68. The number of nitrogens with zero attached hydrogens (tertiary/aromatic N) is 3. The molecule has 0 spiro atoms. The Morgan fingerprint density at radius 1 is 1.18 bits per heavy atom. The summed E-state index contributed by atoms with van der Waals surface area (Å²) < 4.78 is 0. The largest absolute Gasteiger partial charge is 0.357 e. The van der Waals surface area contributed by atoms with Crippen molar-refractivity contribution in [1.29, 1.82) is 0 Å². The minimum absolute atomic E-state index is 0.163. The van der Waals surface area contributed by atoms with Gasteiger partial charge in [-0.05, 0) is 42.7 Å². The molecule has 1 fully saturated rings. The Labute approximate surface area is 134 Å². The molecule has 1 amide bonds. The molecule has 1 aliphatic heterocycles. The summed E-state index contributed by atoms with van der Waals surface area (Å²) in [6.07, 6.45) is 5.74. The minimum Gasteiger partial charge on any atom is -0.357 e. The maximum atomic E-state index is 12.1. The van der Waals surface area contributed by atoms with Crippen molar-refractivity contribution in [1.82, 2.24) is 15.3 Å². The monoisotopic (exact) mass is 316 g/mol. The van der Waals surface area contributed by atoms with Crippen molar-refractivity contribution in [3.05, 3.63) is 52.9 Å². The fourth-order valence-electron chi connectivity index (χ4n) is 2.52. The van der Waals surface area contributed by atoms with Gasteiger partial charge in [-0.2, -0.15) is 0 Å². The van der Waals surface area contributed by atoms with Gasteiger partial charge >= 0.3 is 0 Å². The zero-order valence-electron chi connectivity index (χ0n) is 12.1. The average Bonchev–Trinajstić information content (AvgIpc) is 3.07. The molecule has 0 bridgehead atoms. The van der Waals surface area contributed by atoms with Crippen molar-refractivity contribution in [2.24, 2.45) is 0 Å². The Morgan fingerprint density at radius 2 is 1.95 bits per heavy atom. The second kappa shape index (κ2) is 6.75. The van der Waals surface area contributed by atoms with Crippen LogP contribution in [0.5, 0.6) is 0 Å². The standard InChI is InChI=1S/C16H17ClN4O/c17-14-10-13(4-6-18-14)16(22)20-11-12-3-5-19-15(9-12)21-7-1-2-8-21/h3-6,9-10H,1-2,7-8,11H2,(H,20,22). The van der Waals surface area contributed by atoms with Crippen LogP contribution in [0.3, 0.4) is 0 Å². The number of carbonyl (C=O) groups is 1. The second-order valence-electron chi connectivity index (χ2n) is 5.27. The Balaban J connectivity index is 1.63. The van der Waals surface area contributed by atoms with E-state index in [-0.39, 0.29) is 5.91 Å². The first-order valence-corrected chi connectivity index (χ1v) is 7.70. The van der Waals surface area contributed by atoms with Crippen molar-refractivity contribution in [2.75, 3.05) is 18.0 Å². The highest BCUT2D eigenvalue weighted by Crippen LogP contribution is 2.18. The number of nitrogens with one attached hydrogen (secondary N) is 1. The number of amides is 1. The first-order valence-electron chi connectivity index (χ1n) is 7.32. The molecule has 0 unspecified atom stereocenters. The van der Waals surface area contributed by atoms with Gasteiger partial charge in [0.2, 0.25) is 0 Å². The summed E-state index contributed by atoms with van der Waals surface area (Å²) in [5, 5.41) is 3.20. The van der Waals surface area contributed by atoms with E-state index in [9.17, 15) is 4.79 Å². The number of hydrogen-bond donors (Lipinski definition) is 1. The van der Waals surface area contributed by atoms with Crippen LogP contribution in [0.15, 0.2) is 36.7 Å². The van der Waals surface area contributed by atoms with E-state index in [1.807, 2.05) is 12.1 Å². The predicted molar refractivity (Wildman–Crippen MR) is 86.1 cm³/mol. The Morgan fingerprint density at radius 3 is 2.73 bits per heavy atom. The Bertz CT molecular complexity index is 671. The lowest BCUT2D eigenvalue weighted by molar-refractivity contribution is 0.0951. The first kappa shape index (κ1) is 14.8. The lowest BCUT2D eigenvalue weighted by Gasteiger charge is -2.17. The quantitative estimate of drug-likeness (QED) is 0.881. The van der Waals surface area contributed by atoms with Gasteiger partial charge in [0.25, 0.3) is 5.91 Å². The smallest absolute Gasteiger partial charge is 0.251 e. The van der Waals surface area contributed by atoms with E-state index in [0.717, 1.165) is 24.5 Å². The van der Waals surface area contributed by atoms with Crippen molar-refractivity contribution in [2.45, 2.75) is 19.4 Å². The van der Waals surface area contributed by atoms with Crippen LogP contribution in [0, 0.1) is 0 Å². The zero-order chi connectivity index (χ0) is 15.4. The first-order chi connectivity index (χ1) is 10.7. The third kappa shape index (κ3) is 3.54. The van der Waals surface area contributed by atoms with Crippen LogP contribution in [0.2, 0.25) is 5.15 Å². The van der Waals surface area contributed by atoms with E-state index >= 15 is 0 Å². The molecule has 0 aromatic carbocycles. The lowest BCUT2D eigenvalue weighted by atomic mass is 10.2. The van der Waals surface area contributed by atoms with Gasteiger partial charge in [-0.1, -0.05) is 11.6 Å². The molecular weight excluding hydrogens is 300 g/mol. The van der Waals surface area contributed by atoms with E-state index in [2.05, 4.69) is 20.2 Å². The maximum absolute atomic E-state index is 12.1. The normalized spacial score (nSPS) is 14.1. The van der Waals surface area contributed by atoms with Gasteiger partial charge in [0.15, 0.2) is 0 Å². The molecule has 2 aromatic heterocycles. The van der Waals surface area contributed by atoms with Crippen molar-refractivity contribution in [3.8, 4) is 0 Å². The van der Waals surface area contributed by atoms with Gasteiger partial charge in [-0.15, -0.1) is 0 Å². The molecule has 1 saturated heterocycles. The molecule has 0 aliphatic carbocycles. The van der Waals surface area contributed by atoms with E-state index in [1.54, 1.807) is 18.3 Å². The summed E-state index contributed by atoms with van der Waals surface area (Å²) >= 11 is 5.79. The SMILES string of the molecule is O=C(NCc1ccnc(N2CCCC2)c1)c1ccnc(Cl)c1. The van der Waals surface area contributed by atoms with Gasteiger partial charge < -0.3 is 10.2 Å². The van der Waals surface area contributed by atoms with E-state index in [0.29, 0.717) is 17.3 Å². The van der Waals surface area contributed by atoms with Crippen LogP contribution < -0.4 is 10.2 Å². The summed E-state index contributed by atoms with van der Waals surface area (Å²) in [4.78, 5) is 22.6. The van der Waals surface area contributed by atoms with Crippen molar-refractivity contribution < 1.29 is 4.79 Å². The van der Waals surface area contributed by atoms with E-state index in [4.69, 9.17) is 11.6 Å². The lowest BCUT2D eigenvalue weighted by Crippen LogP contribution is -2.23. The van der Waals surface area contributed by atoms with Crippen molar-refractivity contribution >= 4 is 23.3 Å². The van der Waals surface area contributed by atoms with Gasteiger partial charge in [0.1, 0.15) is 11.0 Å². The summed E-state index contributed by atoms with van der Waals surface area (Å²) in [5.41, 5.74) is 1.54. The molecule has 1 aliphatic rings. The number of hydrogen-bond acceptors (Lipinski definition) is 4. The minimum atomic E-state index is -0.163. The fourth-order valence-corrected chi connectivity index (χ4v) is 2.69. The molecule has 1 N–H and O–H groups in total. The second-order valence-corrected chi connectivity index (χ2v) is 5.65. The van der Waals surface area contributed by atoms with Crippen LogP contribution >= 0.6 is 11.6 Å². The highest BCUT2D eigenvalue weighted by atomic mass is 35.5. The van der Waals surface area contributed by atoms with Crippen LogP contribution in [0.25, 0.3) is 0 Å². The summed E-state index contributed by atoms with van der Waals surface area (Å²) in [7, 11) is 0. The number of rotatable bonds is 4. The number of anilines is 1. The molecular formula is C16H17ClN4O. The van der Waals surface area contributed by atoms with Crippen LogP contribution in [0.1, 0.15) is 28.8 Å². The highest BCUT2D eigenvalue weighted by molar-refractivity contribution is 6.29. The molecule has 3 heterocycles. The van der Waals surface area contributed by atoms with Crippen LogP contribution in [-0.4, -0.2) is 29.0 Å². The summed E-state index contributed by atoms with van der Waals surface area (Å²) in [6.45, 7) is 2.57. The van der Waals surface area contributed by atoms with Crippen LogP contribution in [-0.2, 0) is 6.54 Å². The maximum Gasteiger partial charge on any atom is 0.251 e. The number of halogens is 1. The molecule has 3 rings (SSSR count).